The van der Waals surface area contributed by atoms with Crippen molar-refractivity contribution in [2.24, 2.45) is 5.92 Å². The Kier molecular flexibility index (Phi) is 5.30. The fourth-order valence-electron chi connectivity index (χ4n) is 3.01. The molecule has 1 aliphatic rings. The molecule has 2 unspecified atom stereocenters. The van der Waals surface area contributed by atoms with Crippen LogP contribution in [0.4, 0.5) is 4.39 Å². The number of rotatable bonds is 5. The van der Waals surface area contributed by atoms with Crippen LogP contribution < -0.4 is 0 Å². The highest BCUT2D eigenvalue weighted by atomic mass is 19.1. The van der Waals surface area contributed by atoms with Crippen LogP contribution in [0.15, 0.2) is 24.3 Å². The van der Waals surface area contributed by atoms with Crippen molar-refractivity contribution in [3.63, 3.8) is 0 Å². The molecule has 110 valence electrons. The van der Waals surface area contributed by atoms with E-state index in [1.165, 1.54) is 25.0 Å². The van der Waals surface area contributed by atoms with Crippen molar-refractivity contribution < 1.29 is 9.18 Å². The van der Waals surface area contributed by atoms with E-state index < -0.39 is 0 Å². The van der Waals surface area contributed by atoms with E-state index >= 15 is 0 Å². The van der Waals surface area contributed by atoms with Gasteiger partial charge in [-0.15, -0.1) is 0 Å². The second-order valence-corrected chi connectivity index (χ2v) is 6.05. The molecule has 0 radical (unpaired) electrons. The number of likely N-dealkylation sites (tertiary alicyclic amines) is 1. The Balaban J connectivity index is 1.75. The van der Waals surface area contributed by atoms with E-state index in [9.17, 15) is 9.18 Å². The van der Waals surface area contributed by atoms with Gasteiger partial charge in [0.15, 0.2) is 5.78 Å². The van der Waals surface area contributed by atoms with Crippen LogP contribution in [0.3, 0.4) is 0 Å². The molecule has 1 aromatic rings. The van der Waals surface area contributed by atoms with Gasteiger partial charge in [0, 0.05) is 18.0 Å². The van der Waals surface area contributed by atoms with Gasteiger partial charge in [0.05, 0.1) is 0 Å². The van der Waals surface area contributed by atoms with Crippen LogP contribution in [-0.4, -0.2) is 29.8 Å². The first-order valence-electron chi connectivity index (χ1n) is 7.59. The molecule has 2 nitrogen and oxygen atoms in total. The molecule has 0 aromatic heterocycles. The molecular formula is C17H24FNO. The topological polar surface area (TPSA) is 20.3 Å². The molecule has 1 heterocycles. The minimum Gasteiger partial charge on any atom is -0.301 e. The molecule has 0 saturated carbocycles. The van der Waals surface area contributed by atoms with Gasteiger partial charge < -0.3 is 4.90 Å². The molecule has 2 rings (SSSR count). The third-order valence-electron chi connectivity index (χ3n) is 4.29. The van der Waals surface area contributed by atoms with Crippen molar-refractivity contribution in [3.8, 4) is 0 Å². The summed E-state index contributed by atoms with van der Waals surface area (Å²) in [5, 5.41) is 0. The second-order valence-electron chi connectivity index (χ2n) is 6.05. The molecule has 0 bridgehead atoms. The Bertz CT molecular complexity index is 443. The third-order valence-corrected chi connectivity index (χ3v) is 4.29. The maximum atomic E-state index is 12.8. The number of piperidine rings is 1. The van der Waals surface area contributed by atoms with E-state index in [0.29, 0.717) is 18.0 Å². The lowest BCUT2D eigenvalue weighted by molar-refractivity contribution is 0.0952. The number of Topliss-reactive ketones (excluding diaryl/α,β-unsaturated/α-hetero) is 1. The molecule has 1 saturated heterocycles. The van der Waals surface area contributed by atoms with E-state index in [4.69, 9.17) is 0 Å². The SMILES string of the molecule is CC1CCN(CCCC(=O)c2ccc(F)cc2)C(C)C1. The van der Waals surface area contributed by atoms with Crippen molar-refractivity contribution in [2.45, 2.75) is 45.6 Å². The van der Waals surface area contributed by atoms with Gasteiger partial charge in [0.25, 0.3) is 0 Å². The van der Waals surface area contributed by atoms with Crippen molar-refractivity contribution in [1.82, 2.24) is 4.90 Å². The summed E-state index contributed by atoms with van der Waals surface area (Å²) >= 11 is 0. The first kappa shape index (κ1) is 15.2. The quantitative estimate of drug-likeness (QED) is 0.761. The number of nitrogens with zero attached hydrogens (tertiary/aromatic N) is 1. The molecule has 2 atom stereocenters. The monoisotopic (exact) mass is 277 g/mol. The Labute approximate surface area is 121 Å². The average molecular weight is 277 g/mol. The highest BCUT2D eigenvalue weighted by Crippen LogP contribution is 2.22. The number of hydrogen-bond donors (Lipinski definition) is 0. The Morgan fingerprint density at radius 2 is 2.00 bits per heavy atom. The molecule has 0 spiro atoms. The number of benzene rings is 1. The largest absolute Gasteiger partial charge is 0.301 e. The Morgan fingerprint density at radius 3 is 2.65 bits per heavy atom. The number of ketones is 1. The number of carbonyl (C=O) groups is 1. The van der Waals surface area contributed by atoms with Crippen molar-refractivity contribution in [2.75, 3.05) is 13.1 Å². The third kappa shape index (κ3) is 4.14. The molecule has 0 amide bonds. The summed E-state index contributed by atoms with van der Waals surface area (Å²) < 4.78 is 12.8. The second kappa shape index (κ2) is 6.98. The molecule has 1 fully saturated rings. The zero-order valence-electron chi connectivity index (χ0n) is 12.4. The summed E-state index contributed by atoms with van der Waals surface area (Å²) in [4.78, 5) is 14.5. The van der Waals surface area contributed by atoms with Crippen LogP contribution >= 0.6 is 0 Å². The van der Waals surface area contributed by atoms with Gasteiger partial charge in [-0.2, -0.15) is 0 Å². The summed E-state index contributed by atoms with van der Waals surface area (Å²) in [6.45, 7) is 6.72. The van der Waals surface area contributed by atoms with Crippen LogP contribution in [-0.2, 0) is 0 Å². The van der Waals surface area contributed by atoms with Crippen LogP contribution in [0.1, 0.15) is 49.9 Å². The van der Waals surface area contributed by atoms with Gasteiger partial charge in [0.2, 0.25) is 0 Å². The molecular weight excluding hydrogens is 253 g/mol. The summed E-state index contributed by atoms with van der Waals surface area (Å²) in [5.74, 6) is 0.642. The van der Waals surface area contributed by atoms with Crippen LogP contribution in [0, 0.1) is 11.7 Å². The minimum atomic E-state index is -0.294. The van der Waals surface area contributed by atoms with Crippen LogP contribution in [0.5, 0.6) is 0 Å². The van der Waals surface area contributed by atoms with Crippen molar-refractivity contribution in [3.05, 3.63) is 35.6 Å². The number of carbonyl (C=O) groups excluding carboxylic acids is 1. The molecule has 0 aliphatic carbocycles. The van der Waals surface area contributed by atoms with Gasteiger partial charge >= 0.3 is 0 Å². The molecule has 3 heteroatoms. The van der Waals surface area contributed by atoms with Crippen molar-refractivity contribution >= 4 is 5.78 Å². The van der Waals surface area contributed by atoms with Gasteiger partial charge in [-0.05, 0) is 69.5 Å². The fraction of sp³-hybridized carbons (Fsp3) is 0.588. The van der Waals surface area contributed by atoms with Gasteiger partial charge in [-0.3, -0.25) is 4.79 Å². The lowest BCUT2D eigenvalue weighted by atomic mass is 9.93. The molecule has 20 heavy (non-hydrogen) atoms. The normalized spacial score (nSPS) is 23.8. The smallest absolute Gasteiger partial charge is 0.162 e. The molecule has 1 aromatic carbocycles. The lowest BCUT2D eigenvalue weighted by Gasteiger charge is -2.36. The molecule has 1 aliphatic heterocycles. The summed E-state index contributed by atoms with van der Waals surface area (Å²) in [5.41, 5.74) is 0.617. The van der Waals surface area contributed by atoms with Crippen LogP contribution in [0.25, 0.3) is 0 Å². The lowest BCUT2D eigenvalue weighted by Crippen LogP contribution is -2.40. The standard InChI is InChI=1S/C17H24FNO/c1-13-9-11-19(14(2)12-13)10-3-4-17(20)15-5-7-16(18)8-6-15/h5-8,13-14H,3-4,9-12H2,1-2H3. The highest BCUT2D eigenvalue weighted by Gasteiger charge is 2.22. The van der Waals surface area contributed by atoms with E-state index in [0.717, 1.165) is 25.4 Å². The first-order chi connectivity index (χ1) is 9.56. The Morgan fingerprint density at radius 1 is 1.30 bits per heavy atom. The average Bonchev–Trinajstić information content (AvgIpc) is 2.42. The number of halogens is 1. The summed E-state index contributed by atoms with van der Waals surface area (Å²) in [7, 11) is 0. The van der Waals surface area contributed by atoms with Gasteiger partial charge in [-0.25, -0.2) is 4.39 Å². The van der Waals surface area contributed by atoms with E-state index in [2.05, 4.69) is 18.7 Å². The van der Waals surface area contributed by atoms with E-state index in [1.54, 1.807) is 12.1 Å². The predicted molar refractivity (Wildman–Crippen MR) is 79.4 cm³/mol. The highest BCUT2D eigenvalue weighted by molar-refractivity contribution is 5.95. The maximum absolute atomic E-state index is 12.8. The summed E-state index contributed by atoms with van der Waals surface area (Å²) in [6.07, 6.45) is 3.95. The first-order valence-corrected chi connectivity index (χ1v) is 7.59. The van der Waals surface area contributed by atoms with E-state index in [-0.39, 0.29) is 11.6 Å². The van der Waals surface area contributed by atoms with Crippen molar-refractivity contribution in [1.29, 1.82) is 0 Å². The maximum Gasteiger partial charge on any atom is 0.162 e. The zero-order valence-corrected chi connectivity index (χ0v) is 12.4. The Hall–Kier alpha value is -1.22. The zero-order chi connectivity index (χ0) is 14.5. The summed E-state index contributed by atoms with van der Waals surface area (Å²) in [6, 6.07) is 6.47. The van der Waals surface area contributed by atoms with Crippen LogP contribution in [0.2, 0.25) is 0 Å². The van der Waals surface area contributed by atoms with Gasteiger partial charge in [-0.1, -0.05) is 6.92 Å². The predicted octanol–water partition coefficient (Wildman–Crippen LogP) is 3.91. The fourth-order valence-corrected chi connectivity index (χ4v) is 3.01. The molecule has 0 N–H and O–H groups in total. The minimum absolute atomic E-state index is 0.114. The number of hydrogen-bond acceptors (Lipinski definition) is 2. The van der Waals surface area contributed by atoms with E-state index in [1.807, 2.05) is 0 Å². The van der Waals surface area contributed by atoms with Gasteiger partial charge in [0.1, 0.15) is 5.82 Å².